The summed E-state index contributed by atoms with van der Waals surface area (Å²) in [6.45, 7) is 3.70. The van der Waals surface area contributed by atoms with Crippen molar-refractivity contribution in [2.45, 2.75) is 58.3 Å². The van der Waals surface area contributed by atoms with Crippen LogP contribution >= 0.6 is 0 Å². The second kappa shape index (κ2) is 6.05. The molecule has 0 aromatic heterocycles. The van der Waals surface area contributed by atoms with Crippen molar-refractivity contribution in [1.82, 2.24) is 5.32 Å². The summed E-state index contributed by atoms with van der Waals surface area (Å²) in [6, 6.07) is 0. The minimum atomic E-state index is -0.238. The highest BCUT2D eigenvalue weighted by Crippen LogP contribution is 2.37. The Morgan fingerprint density at radius 3 is 2.50 bits per heavy atom. The quantitative estimate of drug-likeness (QED) is 0.807. The standard InChI is InChI=1S/C15H28N2O/c1-12-6-2-3-7-13(12)10-17-14(18)15(11-16)8-4-5-9-15/h12-13H,2-11,16H2,1H3,(H,17,18). The number of hydrogen-bond acceptors (Lipinski definition) is 2. The van der Waals surface area contributed by atoms with Gasteiger partial charge in [0.1, 0.15) is 0 Å². The maximum Gasteiger partial charge on any atom is 0.227 e. The third-order valence-electron chi connectivity index (χ3n) is 5.25. The van der Waals surface area contributed by atoms with Gasteiger partial charge in [-0.25, -0.2) is 0 Å². The molecule has 2 rings (SSSR count). The monoisotopic (exact) mass is 252 g/mol. The van der Waals surface area contributed by atoms with Crippen molar-refractivity contribution in [2.75, 3.05) is 13.1 Å². The molecule has 0 radical (unpaired) electrons. The molecule has 18 heavy (non-hydrogen) atoms. The topological polar surface area (TPSA) is 55.1 Å². The molecule has 104 valence electrons. The second-order valence-electron chi connectivity index (χ2n) is 6.42. The van der Waals surface area contributed by atoms with Gasteiger partial charge in [0.25, 0.3) is 0 Å². The van der Waals surface area contributed by atoms with Gasteiger partial charge in [-0.3, -0.25) is 4.79 Å². The minimum absolute atomic E-state index is 0.222. The van der Waals surface area contributed by atoms with Gasteiger partial charge < -0.3 is 11.1 Å². The van der Waals surface area contributed by atoms with Crippen molar-refractivity contribution in [3.63, 3.8) is 0 Å². The average Bonchev–Trinajstić information content (AvgIpc) is 2.87. The lowest BCUT2D eigenvalue weighted by Crippen LogP contribution is -2.46. The zero-order valence-corrected chi connectivity index (χ0v) is 11.7. The molecular formula is C15H28N2O. The summed E-state index contributed by atoms with van der Waals surface area (Å²) < 4.78 is 0. The van der Waals surface area contributed by atoms with E-state index in [-0.39, 0.29) is 11.3 Å². The first-order valence-electron chi connectivity index (χ1n) is 7.66. The van der Waals surface area contributed by atoms with Crippen LogP contribution in [0.4, 0.5) is 0 Å². The summed E-state index contributed by atoms with van der Waals surface area (Å²) in [5.41, 5.74) is 5.61. The number of carbonyl (C=O) groups is 1. The number of carbonyl (C=O) groups excluding carboxylic acids is 1. The van der Waals surface area contributed by atoms with Gasteiger partial charge in [-0.05, 0) is 31.1 Å². The first-order chi connectivity index (χ1) is 8.68. The minimum Gasteiger partial charge on any atom is -0.355 e. The molecule has 3 N–H and O–H groups in total. The van der Waals surface area contributed by atoms with E-state index in [4.69, 9.17) is 5.73 Å². The molecule has 2 aliphatic carbocycles. The fraction of sp³-hybridized carbons (Fsp3) is 0.933. The van der Waals surface area contributed by atoms with Crippen LogP contribution in [0.15, 0.2) is 0 Å². The lowest BCUT2D eigenvalue weighted by Gasteiger charge is -2.31. The summed E-state index contributed by atoms with van der Waals surface area (Å²) in [4.78, 5) is 12.4. The van der Waals surface area contributed by atoms with Crippen molar-refractivity contribution in [1.29, 1.82) is 0 Å². The third kappa shape index (κ3) is 2.87. The highest BCUT2D eigenvalue weighted by molar-refractivity contribution is 5.83. The van der Waals surface area contributed by atoms with Gasteiger partial charge in [0.05, 0.1) is 5.41 Å². The van der Waals surface area contributed by atoms with Crippen LogP contribution in [0.3, 0.4) is 0 Å². The molecule has 3 heteroatoms. The second-order valence-corrected chi connectivity index (χ2v) is 6.42. The highest BCUT2D eigenvalue weighted by atomic mass is 16.2. The van der Waals surface area contributed by atoms with Crippen molar-refractivity contribution in [3.8, 4) is 0 Å². The predicted molar refractivity (Wildman–Crippen MR) is 74.1 cm³/mol. The van der Waals surface area contributed by atoms with E-state index in [2.05, 4.69) is 12.2 Å². The Hall–Kier alpha value is -0.570. The zero-order chi connectivity index (χ0) is 13.0. The Balaban J connectivity index is 1.83. The fourth-order valence-corrected chi connectivity index (χ4v) is 3.68. The molecule has 0 bridgehead atoms. The summed E-state index contributed by atoms with van der Waals surface area (Å²) in [5.74, 6) is 1.66. The van der Waals surface area contributed by atoms with Crippen LogP contribution in [-0.4, -0.2) is 19.0 Å². The molecule has 2 atom stereocenters. The summed E-state index contributed by atoms with van der Waals surface area (Å²) in [6.07, 6.45) is 9.56. The lowest BCUT2D eigenvalue weighted by molar-refractivity contribution is -0.130. The summed E-state index contributed by atoms with van der Waals surface area (Å²) >= 11 is 0. The van der Waals surface area contributed by atoms with Gasteiger partial charge >= 0.3 is 0 Å². The Morgan fingerprint density at radius 1 is 1.22 bits per heavy atom. The third-order valence-corrected chi connectivity index (χ3v) is 5.25. The largest absolute Gasteiger partial charge is 0.355 e. The predicted octanol–water partition coefficient (Wildman–Crippen LogP) is 2.45. The van der Waals surface area contributed by atoms with Crippen LogP contribution in [0.25, 0.3) is 0 Å². The Morgan fingerprint density at radius 2 is 1.89 bits per heavy atom. The van der Waals surface area contributed by atoms with E-state index in [1.54, 1.807) is 0 Å². The van der Waals surface area contributed by atoms with Crippen LogP contribution in [0.5, 0.6) is 0 Å². The molecule has 0 spiro atoms. The molecule has 0 aromatic rings. The number of amides is 1. The van der Waals surface area contributed by atoms with Crippen molar-refractivity contribution in [2.24, 2.45) is 23.0 Å². The van der Waals surface area contributed by atoms with Crippen LogP contribution in [0.2, 0.25) is 0 Å². The maximum absolute atomic E-state index is 12.4. The van der Waals surface area contributed by atoms with Gasteiger partial charge in [0.15, 0.2) is 0 Å². The molecule has 3 nitrogen and oxygen atoms in total. The Labute approximate surface area is 111 Å². The summed E-state index contributed by atoms with van der Waals surface area (Å²) in [5, 5.41) is 3.20. The number of hydrogen-bond donors (Lipinski definition) is 2. The van der Waals surface area contributed by atoms with Crippen molar-refractivity contribution in [3.05, 3.63) is 0 Å². The van der Waals surface area contributed by atoms with E-state index < -0.39 is 0 Å². The van der Waals surface area contributed by atoms with E-state index >= 15 is 0 Å². The van der Waals surface area contributed by atoms with Gasteiger partial charge in [-0.1, -0.05) is 39.0 Å². The Kier molecular flexibility index (Phi) is 4.66. The van der Waals surface area contributed by atoms with Crippen LogP contribution < -0.4 is 11.1 Å². The lowest BCUT2D eigenvalue weighted by atomic mass is 9.80. The molecule has 2 unspecified atom stereocenters. The number of nitrogens with one attached hydrogen (secondary N) is 1. The van der Waals surface area contributed by atoms with Gasteiger partial charge in [0, 0.05) is 13.1 Å². The first-order valence-corrected chi connectivity index (χ1v) is 7.66. The van der Waals surface area contributed by atoms with Crippen LogP contribution in [0, 0.1) is 17.3 Å². The average molecular weight is 252 g/mol. The molecule has 0 aromatic carbocycles. The van der Waals surface area contributed by atoms with E-state index in [1.165, 1.54) is 25.7 Å². The molecule has 2 aliphatic rings. The summed E-state index contributed by atoms with van der Waals surface area (Å²) in [7, 11) is 0. The normalized spacial score (nSPS) is 31.2. The highest BCUT2D eigenvalue weighted by Gasteiger charge is 2.39. The molecule has 0 heterocycles. The van der Waals surface area contributed by atoms with Crippen LogP contribution in [-0.2, 0) is 4.79 Å². The van der Waals surface area contributed by atoms with E-state index in [0.717, 1.165) is 38.1 Å². The zero-order valence-electron chi connectivity index (χ0n) is 11.7. The smallest absolute Gasteiger partial charge is 0.227 e. The van der Waals surface area contributed by atoms with Crippen molar-refractivity contribution >= 4 is 5.91 Å². The first kappa shape index (κ1) is 13.9. The Bertz CT molecular complexity index is 284. The molecule has 0 saturated heterocycles. The fourth-order valence-electron chi connectivity index (χ4n) is 3.68. The molecule has 1 amide bonds. The van der Waals surface area contributed by atoms with E-state index in [1.807, 2.05) is 0 Å². The number of rotatable bonds is 4. The molecule has 2 fully saturated rings. The SMILES string of the molecule is CC1CCCCC1CNC(=O)C1(CN)CCCC1. The molecular weight excluding hydrogens is 224 g/mol. The van der Waals surface area contributed by atoms with E-state index in [0.29, 0.717) is 12.5 Å². The van der Waals surface area contributed by atoms with Gasteiger partial charge in [-0.2, -0.15) is 0 Å². The molecule has 0 aliphatic heterocycles. The van der Waals surface area contributed by atoms with E-state index in [9.17, 15) is 4.79 Å². The maximum atomic E-state index is 12.4. The van der Waals surface area contributed by atoms with Gasteiger partial charge in [-0.15, -0.1) is 0 Å². The number of nitrogens with two attached hydrogens (primary N) is 1. The molecule has 2 saturated carbocycles. The van der Waals surface area contributed by atoms with Gasteiger partial charge in [0.2, 0.25) is 5.91 Å². The van der Waals surface area contributed by atoms with Crippen LogP contribution in [0.1, 0.15) is 58.3 Å². The van der Waals surface area contributed by atoms with Crippen molar-refractivity contribution < 1.29 is 4.79 Å².